The molecule has 2 aromatic heterocycles. The molecule has 8 heteroatoms. The van der Waals surface area contributed by atoms with Gasteiger partial charge in [0.05, 0.1) is 23.1 Å². The van der Waals surface area contributed by atoms with Crippen molar-refractivity contribution in [3.05, 3.63) is 62.5 Å². The Morgan fingerprint density at radius 1 is 1.16 bits per heavy atom. The van der Waals surface area contributed by atoms with Gasteiger partial charge in [-0.25, -0.2) is 14.6 Å². The first-order valence-corrected chi connectivity index (χ1v) is 8.36. The van der Waals surface area contributed by atoms with Gasteiger partial charge in [0.2, 0.25) is 0 Å². The smallest absolute Gasteiger partial charge is 0.337 e. The van der Waals surface area contributed by atoms with Gasteiger partial charge in [0.25, 0.3) is 5.56 Å². The van der Waals surface area contributed by atoms with Crippen LogP contribution in [0.3, 0.4) is 0 Å². The lowest BCUT2D eigenvalue weighted by atomic mass is 10.1. The summed E-state index contributed by atoms with van der Waals surface area (Å²) in [6.07, 6.45) is 0.513. The Hall–Kier alpha value is -3.00. The Morgan fingerprint density at radius 2 is 1.84 bits per heavy atom. The summed E-state index contributed by atoms with van der Waals surface area (Å²) in [4.78, 5) is 39.9. The summed E-state index contributed by atoms with van der Waals surface area (Å²) in [6.45, 7) is 2.06. The van der Waals surface area contributed by atoms with Crippen molar-refractivity contribution in [1.82, 2.24) is 9.55 Å². The van der Waals surface area contributed by atoms with Crippen molar-refractivity contribution in [3.8, 4) is 0 Å². The van der Waals surface area contributed by atoms with Crippen LogP contribution >= 0.6 is 11.3 Å². The molecule has 0 spiro atoms. The Labute approximate surface area is 145 Å². The molecular weight excluding hydrogens is 344 g/mol. The molecular formula is C17H14N2O5S. The molecule has 7 nitrogen and oxygen atoms in total. The summed E-state index contributed by atoms with van der Waals surface area (Å²) in [7, 11) is 0. The zero-order valence-electron chi connectivity index (χ0n) is 13.2. The number of aryl methyl sites for hydroxylation is 1. The van der Waals surface area contributed by atoms with Gasteiger partial charge in [-0.1, -0.05) is 19.1 Å². The van der Waals surface area contributed by atoms with Crippen LogP contribution < -0.4 is 5.56 Å². The third-order valence-corrected chi connectivity index (χ3v) is 4.73. The minimum Gasteiger partial charge on any atom is -0.478 e. The lowest BCUT2D eigenvalue weighted by Crippen LogP contribution is -2.26. The van der Waals surface area contributed by atoms with Gasteiger partial charge in [-0.15, -0.1) is 11.3 Å². The molecule has 0 saturated carbocycles. The van der Waals surface area contributed by atoms with Gasteiger partial charge in [-0.2, -0.15) is 0 Å². The summed E-state index contributed by atoms with van der Waals surface area (Å²) in [5.74, 6) is -1.63. The van der Waals surface area contributed by atoms with Crippen LogP contribution in [-0.4, -0.2) is 31.7 Å². The molecule has 0 radical (unpaired) electrons. The van der Waals surface area contributed by atoms with Gasteiger partial charge in [0, 0.05) is 11.8 Å². The summed E-state index contributed by atoms with van der Waals surface area (Å²) >= 11 is 1.14. The van der Waals surface area contributed by atoms with Crippen molar-refractivity contribution in [3.63, 3.8) is 0 Å². The fraction of sp³-hybridized carbons (Fsp3) is 0.176. The number of rotatable bonds is 5. The standard InChI is InChI=1S/C17H14N2O5S/c1-2-12-18-14-13(11(8-25-14)17(23)24)15(20)19(12)7-9-3-5-10(6-4-9)16(21)22/h3-6,8H,2,7H2,1H3,(H,21,22)(H,23,24). The summed E-state index contributed by atoms with van der Waals surface area (Å²) in [5.41, 5.74) is 0.444. The monoisotopic (exact) mass is 358 g/mol. The third-order valence-electron chi connectivity index (χ3n) is 3.86. The second-order valence-corrected chi connectivity index (χ2v) is 6.27. The highest BCUT2D eigenvalue weighted by molar-refractivity contribution is 7.17. The number of nitrogens with zero attached hydrogens (tertiary/aromatic N) is 2. The van der Waals surface area contributed by atoms with Gasteiger partial charge in [0.1, 0.15) is 10.7 Å². The van der Waals surface area contributed by atoms with E-state index in [1.165, 1.54) is 22.1 Å². The van der Waals surface area contributed by atoms with Crippen LogP contribution in [0.25, 0.3) is 10.2 Å². The molecule has 2 N–H and O–H groups in total. The molecule has 0 unspecified atom stereocenters. The second-order valence-electron chi connectivity index (χ2n) is 5.41. The first-order chi connectivity index (χ1) is 11.9. The highest BCUT2D eigenvalue weighted by atomic mass is 32.1. The number of aromatic nitrogens is 2. The maximum absolute atomic E-state index is 12.8. The zero-order chi connectivity index (χ0) is 18.1. The molecule has 2 heterocycles. The van der Waals surface area contributed by atoms with Gasteiger partial charge < -0.3 is 10.2 Å². The van der Waals surface area contributed by atoms with Crippen molar-refractivity contribution < 1.29 is 19.8 Å². The maximum Gasteiger partial charge on any atom is 0.337 e. The fourth-order valence-electron chi connectivity index (χ4n) is 2.59. The van der Waals surface area contributed by atoms with Crippen molar-refractivity contribution in [1.29, 1.82) is 0 Å². The lowest BCUT2D eigenvalue weighted by Gasteiger charge is -2.11. The molecule has 25 heavy (non-hydrogen) atoms. The Balaban J connectivity index is 2.12. The Morgan fingerprint density at radius 3 is 2.40 bits per heavy atom. The van der Waals surface area contributed by atoms with E-state index in [4.69, 9.17) is 5.11 Å². The van der Waals surface area contributed by atoms with Crippen LogP contribution in [0.15, 0.2) is 34.4 Å². The fourth-order valence-corrected chi connectivity index (χ4v) is 3.51. The molecule has 3 aromatic rings. The predicted octanol–water partition coefficient (Wildman–Crippen LogP) is 2.47. The molecule has 0 bridgehead atoms. The Kier molecular flexibility index (Phi) is 4.37. The Bertz CT molecular complexity index is 1030. The van der Waals surface area contributed by atoms with E-state index in [1.54, 1.807) is 12.1 Å². The van der Waals surface area contributed by atoms with E-state index in [2.05, 4.69) is 4.98 Å². The van der Waals surface area contributed by atoms with Gasteiger partial charge in [-0.3, -0.25) is 9.36 Å². The van der Waals surface area contributed by atoms with E-state index in [-0.39, 0.29) is 23.1 Å². The molecule has 0 fully saturated rings. The normalized spacial score (nSPS) is 10.9. The van der Waals surface area contributed by atoms with Crippen LogP contribution in [0.2, 0.25) is 0 Å². The summed E-state index contributed by atoms with van der Waals surface area (Å²) in [6, 6.07) is 6.19. The van der Waals surface area contributed by atoms with Crippen molar-refractivity contribution in [2.75, 3.05) is 0 Å². The van der Waals surface area contributed by atoms with Gasteiger partial charge >= 0.3 is 11.9 Å². The topological polar surface area (TPSA) is 109 Å². The van der Waals surface area contributed by atoms with Crippen molar-refractivity contribution in [2.24, 2.45) is 0 Å². The van der Waals surface area contributed by atoms with Crippen LogP contribution in [0.4, 0.5) is 0 Å². The van der Waals surface area contributed by atoms with E-state index < -0.39 is 17.5 Å². The SMILES string of the molecule is CCc1nc2scc(C(=O)O)c2c(=O)n1Cc1ccc(C(=O)O)cc1. The third kappa shape index (κ3) is 3.03. The van der Waals surface area contributed by atoms with Crippen LogP contribution in [-0.2, 0) is 13.0 Å². The molecule has 3 rings (SSSR count). The first-order valence-electron chi connectivity index (χ1n) is 7.48. The molecule has 0 amide bonds. The number of carboxylic acid groups (broad SMARTS) is 2. The maximum atomic E-state index is 12.8. The number of aromatic carboxylic acids is 2. The molecule has 0 saturated heterocycles. The van der Waals surface area contributed by atoms with E-state index in [9.17, 15) is 19.5 Å². The molecule has 0 atom stereocenters. The van der Waals surface area contributed by atoms with Crippen LogP contribution in [0.1, 0.15) is 39.0 Å². The van der Waals surface area contributed by atoms with Gasteiger partial charge in [-0.05, 0) is 17.7 Å². The average Bonchev–Trinajstić information content (AvgIpc) is 3.02. The van der Waals surface area contributed by atoms with E-state index in [0.717, 1.165) is 16.9 Å². The molecule has 0 aliphatic rings. The lowest BCUT2D eigenvalue weighted by molar-refractivity contribution is 0.0687. The molecule has 0 aliphatic carbocycles. The quantitative estimate of drug-likeness (QED) is 0.725. The van der Waals surface area contributed by atoms with Gasteiger partial charge in [0.15, 0.2) is 0 Å². The van der Waals surface area contributed by atoms with E-state index >= 15 is 0 Å². The van der Waals surface area contributed by atoms with E-state index in [1.807, 2.05) is 6.92 Å². The second kappa shape index (κ2) is 6.48. The molecule has 1 aromatic carbocycles. The van der Waals surface area contributed by atoms with E-state index in [0.29, 0.717) is 17.1 Å². The highest BCUT2D eigenvalue weighted by Crippen LogP contribution is 2.22. The minimum absolute atomic E-state index is 0.0462. The van der Waals surface area contributed by atoms with Crippen molar-refractivity contribution >= 4 is 33.5 Å². The number of hydrogen-bond acceptors (Lipinski definition) is 5. The average molecular weight is 358 g/mol. The number of hydrogen-bond donors (Lipinski definition) is 2. The zero-order valence-corrected chi connectivity index (χ0v) is 14.0. The van der Waals surface area contributed by atoms with Crippen LogP contribution in [0, 0.1) is 0 Å². The summed E-state index contributed by atoms with van der Waals surface area (Å²) in [5, 5.41) is 19.7. The number of carbonyl (C=O) groups is 2. The highest BCUT2D eigenvalue weighted by Gasteiger charge is 2.19. The summed E-state index contributed by atoms with van der Waals surface area (Å²) < 4.78 is 1.44. The number of benzene rings is 1. The number of fused-ring (bicyclic) bond motifs is 1. The van der Waals surface area contributed by atoms with Crippen molar-refractivity contribution in [2.45, 2.75) is 19.9 Å². The largest absolute Gasteiger partial charge is 0.478 e. The molecule has 0 aliphatic heterocycles. The molecule has 128 valence electrons. The number of thiophene rings is 1. The number of carboxylic acids is 2. The minimum atomic E-state index is -1.16. The van der Waals surface area contributed by atoms with Crippen LogP contribution in [0.5, 0.6) is 0 Å². The first kappa shape index (κ1) is 16.8. The predicted molar refractivity (Wildman–Crippen MR) is 92.7 cm³/mol.